The van der Waals surface area contributed by atoms with Crippen LogP contribution >= 0.6 is 0 Å². The fourth-order valence-corrected chi connectivity index (χ4v) is 4.22. The van der Waals surface area contributed by atoms with E-state index in [-0.39, 0.29) is 18.9 Å². The van der Waals surface area contributed by atoms with E-state index in [4.69, 9.17) is 23.7 Å². The van der Waals surface area contributed by atoms with Gasteiger partial charge in [0.2, 0.25) is 0 Å². The molecule has 12 heteroatoms. The highest BCUT2D eigenvalue weighted by atomic mass is 19.4. The minimum Gasteiger partial charge on any atom is -0.458 e. The molecule has 1 aliphatic heterocycles. The highest BCUT2D eigenvalue weighted by Gasteiger charge is 2.44. The Labute approximate surface area is 245 Å². The molecular weight excluding hydrogens is 559 g/mol. The first-order valence-electron chi connectivity index (χ1n) is 14.0. The Morgan fingerprint density at radius 3 is 1.93 bits per heavy atom. The van der Waals surface area contributed by atoms with Crippen molar-refractivity contribution in [2.24, 2.45) is 11.8 Å². The average molecular weight is 604 g/mol. The van der Waals surface area contributed by atoms with Crippen LogP contribution in [0.4, 0.5) is 22.8 Å². The first kappa shape index (κ1) is 35.3. The quantitative estimate of drug-likeness (QED) is 0.272. The van der Waals surface area contributed by atoms with E-state index in [1.54, 1.807) is 48.5 Å². The van der Waals surface area contributed by atoms with Gasteiger partial charge in [0, 0.05) is 12.5 Å². The van der Waals surface area contributed by atoms with Crippen molar-refractivity contribution in [3.8, 4) is 0 Å². The van der Waals surface area contributed by atoms with Gasteiger partial charge in [0.1, 0.15) is 17.3 Å². The number of amides is 2. The van der Waals surface area contributed by atoms with Crippen molar-refractivity contribution in [3.05, 3.63) is 35.4 Å². The molecule has 0 spiro atoms. The first-order chi connectivity index (χ1) is 19.2. The van der Waals surface area contributed by atoms with E-state index in [1.807, 2.05) is 13.8 Å². The number of ether oxygens (including phenoxy) is 5. The van der Waals surface area contributed by atoms with Gasteiger partial charge in [0.15, 0.2) is 6.04 Å². The Kier molecular flexibility index (Phi) is 11.8. The number of alkyl halides is 3. The number of esters is 1. The lowest BCUT2D eigenvalue weighted by molar-refractivity contribution is -0.164. The third-order valence-corrected chi connectivity index (χ3v) is 6.00. The van der Waals surface area contributed by atoms with Gasteiger partial charge in [-0.25, -0.2) is 14.4 Å². The summed E-state index contributed by atoms with van der Waals surface area (Å²) in [6.07, 6.45) is -7.98. The smallest absolute Gasteiger partial charge is 0.420 e. The topological polar surface area (TPSA) is 101 Å². The van der Waals surface area contributed by atoms with Crippen LogP contribution in [0.3, 0.4) is 0 Å². The molecule has 1 aliphatic rings. The molecule has 0 aliphatic carbocycles. The summed E-state index contributed by atoms with van der Waals surface area (Å²) in [6.45, 7) is 15.1. The SMILES string of the molecule is CC(C)COC1C(Cc2ccc(C(F)(F)F)cc2)COCC(N(C(=O)OC(C)(C)C)C(=O)OC(C)(C)C)C(=O)OC1C. The summed E-state index contributed by atoms with van der Waals surface area (Å²) in [5.74, 6) is -1.23. The van der Waals surface area contributed by atoms with Crippen molar-refractivity contribution in [2.45, 2.75) is 104 Å². The molecule has 0 N–H and O–H groups in total. The van der Waals surface area contributed by atoms with Crippen LogP contribution in [-0.2, 0) is 41.1 Å². The molecule has 1 aromatic carbocycles. The first-order valence-corrected chi connectivity index (χ1v) is 14.0. The van der Waals surface area contributed by atoms with E-state index in [9.17, 15) is 27.6 Å². The minimum atomic E-state index is -4.46. The predicted molar refractivity (Wildman–Crippen MR) is 148 cm³/mol. The second-order valence-corrected chi connectivity index (χ2v) is 12.9. The third-order valence-electron chi connectivity index (χ3n) is 6.00. The standard InChI is InChI=1S/C30H44F3NO8/c1-18(2)15-39-24-19(3)40-25(35)23(34(26(36)41-28(4,5)6)27(37)42-29(7,8)9)17-38-16-21(24)14-20-10-12-22(13-11-20)30(31,32)33/h10-13,18-19,21,23-24H,14-17H2,1-9H3. The Hall–Kier alpha value is -2.86. The van der Waals surface area contributed by atoms with Crippen LogP contribution in [0.25, 0.3) is 0 Å². The Balaban J connectivity index is 2.42. The molecule has 2 amide bonds. The average Bonchev–Trinajstić information content (AvgIpc) is 2.84. The molecule has 42 heavy (non-hydrogen) atoms. The lowest BCUT2D eigenvalue weighted by Crippen LogP contribution is -2.54. The number of carbonyl (C=O) groups is 3. The van der Waals surface area contributed by atoms with E-state index < -0.39 is 71.9 Å². The maximum Gasteiger partial charge on any atom is 0.420 e. The molecule has 1 saturated heterocycles. The van der Waals surface area contributed by atoms with Crippen LogP contribution in [0.15, 0.2) is 24.3 Å². The number of benzene rings is 1. The number of hydrogen-bond acceptors (Lipinski definition) is 8. The van der Waals surface area contributed by atoms with Gasteiger partial charge in [-0.15, -0.1) is 0 Å². The number of nitrogens with zero attached hydrogens (tertiary/aromatic N) is 1. The zero-order valence-corrected chi connectivity index (χ0v) is 25.9. The number of hydrogen-bond donors (Lipinski definition) is 0. The van der Waals surface area contributed by atoms with Crippen LogP contribution in [0.1, 0.15) is 73.4 Å². The van der Waals surface area contributed by atoms with Gasteiger partial charge in [-0.05, 0) is 78.5 Å². The monoisotopic (exact) mass is 603 g/mol. The highest BCUT2D eigenvalue weighted by molar-refractivity contribution is 5.94. The van der Waals surface area contributed by atoms with Crippen LogP contribution in [-0.4, -0.2) is 72.3 Å². The molecule has 0 radical (unpaired) electrons. The second kappa shape index (κ2) is 14.1. The van der Waals surface area contributed by atoms with Gasteiger partial charge >= 0.3 is 24.3 Å². The van der Waals surface area contributed by atoms with Crippen molar-refractivity contribution < 1.29 is 51.2 Å². The minimum absolute atomic E-state index is 0.00224. The summed E-state index contributed by atoms with van der Waals surface area (Å²) >= 11 is 0. The van der Waals surface area contributed by atoms with Crippen molar-refractivity contribution in [1.29, 1.82) is 0 Å². The molecule has 1 heterocycles. The predicted octanol–water partition coefficient (Wildman–Crippen LogP) is 6.41. The van der Waals surface area contributed by atoms with E-state index in [0.717, 1.165) is 12.1 Å². The lowest BCUT2D eigenvalue weighted by Gasteiger charge is -2.33. The summed E-state index contributed by atoms with van der Waals surface area (Å²) in [6, 6.07) is 3.26. The summed E-state index contributed by atoms with van der Waals surface area (Å²) in [4.78, 5) is 40.4. The molecule has 0 bridgehead atoms. The van der Waals surface area contributed by atoms with Crippen molar-refractivity contribution >= 4 is 18.2 Å². The molecule has 9 nitrogen and oxygen atoms in total. The molecule has 4 unspecified atom stereocenters. The van der Waals surface area contributed by atoms with Gasteiger partial charge in [0.25, 0.3) is 0 Å². The molecule has 0 saturated carbocycles. The number of halogens is 3. The third kappa shape index (κ3) is 11.1. The van der Waals surface area contributed by atoms with Crippen molar-refractivity contribution in [1.82, 2.24) is 4.90 Å². The van der Waals surface area contributed by atoms with Crippen molar-refractivity contribution in [2.75, 3.05) is 19.8 Å². The van der Waals surface area contributed by atoms with Crippen LogP contribution < -0.4 is 0 Å². The normalized spacial score (nSPS) is 22.5. The Morgan fingerprint density at radius 1 is 0.952 bits per heavy atom. The van der Waals surface area contributed by atoms with Crippen LogP contribution in [0.2, 0.25) is 0 Å². The van der Waals surface area contributed by atoms with E-state index in [2.05, 4.69) is 0 Å². The van der Waals surface area contributed by atoms with E-state index >= 15 is 0 Å². The fourth-order valence-electron chi connectivity index (χ4n) is 4.22. The van der Waals surface area contributed by atoms with E-state index in [1.165, 1.54) is 12.1 Å². The summed E-state index contributed by atoms with van der Waals surface area (Å²) < 4.78 is 67.9. The second-order valence-electron chi connectivity index (χ2n) is 12.9. The molecular formula is C30H44F3NO8. The number of imide groups is 1. The molecule has 4 atom stereocenters. The summed E-state index contributed by atoms with van der Waals surface area (Å²) in [7, 11) is 0. The zero-order valence-electron chi connectivity index (χ0n) is 25.9. The van der Waals surface area contributed by atoms with Crippen LogP contribution in [0, 0.1) is 11.8 Å². The van der Waals surface area contributed by atoms with Crippen molar-refractivity contribution in [3.63, 3.8) is 0 Å². The van der Waals surface area contributed by atoms with Crippen LogP contribution in [0.5, 0.6) is 0 Å². The summed E-state index contributed by atoms with van der Waals surface area (Å²) in [5.41, 5.74) is -2.14. The van der Waals surface area contributed by atoms with Gasteiger partial charge in [0.05, 0.1) is 24.9 Å². The van der Waals surface area contributed by atoms with Gasteiger partial charge in [-0.2, -0.15) is 18.1 Å². The number of cyclic esters (lactones) is 1. The largest absolute Gasteiger partial charge is 0.458 e. The van der Waals surface area contributed by atoms with Gasteiger partial charge in [-0.1, -0.05) is 26.0 Å². The lowest BCUT2D eigenvalue weighted by atomic mass is 9.91. The maximum absolute atomic E-state index is 13.5. The number of carbonyl (C=O) groups excluding carboxylic acids is 3. The molecule has 1 fully saturated rings. The van der Waals surface area contributed by atoms with Gasteiger partial charge < -0.3 is 23.7 Å². The Bertz CT molecular complexity index is 1030. The van der Waals surface area contributed by atoms with E-state index in [0.29, 0.717) is 17.1 Å². The summed E-state index contributed by atoms with van der Waals surface area (Å²) in [5, 5.41) is 0. The Morgan fingerprint density at radius 2 is 1.48 bits per heavy atom. The zero-order chi connectivity index (χ0) is 32.0. The molecule has 0 aromatic heterocycles. The highest BCUT2D eigenvalue weighted by Crippen LogP contribution is 2.30. The molecule has 238 valence electrons. The fraction of sp³-hybridized carbons (Fsp3) is 0.700. The number of rotatable bonds is 6. The molecule has 1 aromatic rings. The maximum atomic E-state index is 13.5. The van der Waals surface area contributed by atoms with Gasteiger partial charge in [-0.3, -0.25) is 0 Å². The molecule has 2 rings (SSSR count).